The number of benzene rings is 1. The highest BCUT2D eigenvalue weighted by Crippen LogP contribution is 2.37. The zero-order valence-corrected chi connectivity index (χ0v) is 10.8. The summed E-state index contributed by atoms with van der Waals surface area (Å²) >= 11 is 0. The first-order valence-electron chi connectivity index (χ1n) is 6.46. The van der Waals surface area contributed by atoms with Crippen LogP contribution in [-0.2, 0) is 4.79 Å². The predicted molar refractivity (Wildman–Crippen MR) is 71.0 cm³/mol. The Balaban J connectivity index is 1.66. The van der Waals surface area contributed by atoms with Gasteiger partial charge >= 0.3 is 6.03 Å². The van der Waals surface area contributed by atoms with Gasteiger partial charge in [0.1, 0.15) is 13.2 Å². The van der Waals surface area contributed by atoms with Crippen molar-refractivity contribution >= 4 is 17.6 Å². The third-order valence-electron chi connectivity index (χ3n) is 3.15. The highest BCUT2D eigenvalue weighted by atomic mass is 16.6. The Bertz CT molecular complexity index is 546. The Hall–Kier alpha value is -2.44. The summed E-state index contributed by atoms with van der Waals surface area (Å²) < 4.78 is 11.0. The van der Waals surface area contributed by atoms with Crippen LogP contribution in [0.3, 0.4) is 0 Å². The number of carbonyl (C=O) groups is 2. The van der Waals surface area contributed by atoms with Gasteiger partial charge in [-0.3, -0.25) is 9.69 Å². The van der Waals surface area contributed by atoms with Gasteiger partial charge < -0.3 is 20.1 Å². The number of amides is 3. The van der Waals surface area contributed by atoms with Crippen LogP contribution in [0, 0.1) is 0 Å². The molecular weight excluding hydrogens is 262 g/mol. The number of hydrogen-bond donors (Lipinski definition) is 2. The van der Waals surface area contributed by atoms with Crippen molar-refractivity contribution in [3.63, 3.8) is 0 Å². The number of rotatable bonds is 3. The van der Waals surface area contributed by atoms with Crippen LogP contribution in [0.2, 0.25) is 0 Å². The van der Waals surface area contributed by atoms with Crippen LogP contribution in [0.5, 0.6) is 11.5 Å². The molecule has 1 aromatic carbocycles. The SMILES string of the molecule is O=C(CNc1cccc2c1OCCO2)N1CCNC1=O. The number of carbonyl (C=O) groups excluding carboxylic acids is 2. The molecule has 1 aromatic rings. The van der Waals surface area contributed by atoms with Gasteiger partial charge in [-0.05, 0) is 12.1 Å². The molecule has 0 bridgehead atoms. The summed E-state index contributed by atoms with van der Waals surface area (Å²) in [5, 5.41) is 5.59. The molecular formula is C13H15N3O4. The lowest BCUT2D eigenvalue weighted by Crippen LogP contribution is -2.38. The molecule has 0 unspecified atom stereocenters. The number of anilines is 1. The van der Waals surface area contributed by atoms with Gasteiger partial charge in [0.25, 0.3) is 0 Å². The fourth-order valence-corrected chi connectivity index (χ4v) is 2.19. The lowest BCUT2D eigenvalue weighted by molar-refractivity contribution is -0.125. The van der Waals surface area contributed by atoms with Gasteiger partial charge in [0, 0.05) is 13.1 Å². The van der Waals surface area contributed by atoms with E-state index in [0.717, 1.165) is 0 Å². The summed E-state index contributed by atoms with van der Waals surface area (Å²) in [5.74, 6) is 0.999. The minimum atomic E-state index is -0.341. The van der Waals surface area contributed by atoms with E-state index in [1.807, 2.05) is 18.2 Å². The summed E-state index contributed by atoms with van der Waals surface area (Å²) in [7, 11) is 0. The standard InChI is InChI=1S/C13H15N3O4/c17-11(16-5-4-14-13(16)18)8-15-9-2-1-3-10-12(9)20-7-6-19-10/h1-3,15H,4-8H2,(H,14,18). The first-order valence-corrected chi connectivity index (χ1v) is 6.46. The first-order chi connectivity index (χ1) is 9.75. The van der Waals surface area contributed by atoms with E-state index in [9.17, 15) is 9.59 Å². The minimum absolute atomic E-state index is 0.0350. The Kier molecular flexibility index (Phi) is 3.32. The summed E-state index contributed by atoms with van der Waals surface area (Å²) in [4.78, 5) is 24.5. The first kappa shape index (κ1) is 12.6. The highest BCUT2D eigenvalue weighted by molar-refractivity contribution is 5.97. The third-order valence-corrected chi connectivity index (χ3v) is 3.15. The quantitative estimate of drug-likeness (QED) is 0.837. The lowest BCUT2D eigenvalue weighted by Gasteiger charge is -2.21. The Morgan fingerprint density at radius 1 is 1.35 bits per heavy atom. The molecule has 7 heteroatoms. The van der Waals surface area contributed by atoms with Crippen LogP contribution in [0.15, 0.2) is 18.2 Å². The second-order valence-electron chi connectivity index (χ2n) is 4.46. The topological polar surface area (TPSA) is 79.9 Å². The van der Waals surface area contributed by atoms with Crippen molar-refractivity contribution in [3.05, 3.63) is 18.2 Å². The maximum atomic E-state index is 11.9. The molecule has 0 radical (unpaired) electrons. The molecule has 0 saturated carbocycles. The number of ether oxygens (including phenoxy) is 2. The van der Waals surface area contributed by atoms with Crippen LogP contribution in [0.25, 0.3) is 0 Å². The van der Waals surface area contributed by atoms with E-state index in [1.54, 1.807) is 0 Å². The maximum absolute atomic E-state index is 11.9. The molecule has 0 aromatic heterocycles. The van der Waals surface area contributed by atoms with Gasteiger partial charge in [0.2, 0.25) is 5.91 Å². The normalized spacial score (nSPS) is 16.8. The van der Waals surface area contributed by atoms with Crippen molar-refractivity contribution in [3.8, 4) is 11.5 Å². The smallest absolute Gasteiger partial charge is 0.324 e. The van der Waals surface area contributed by atoms with E-state index in [1.165, 1.54) is 4.90 Å². The highest BCUT2D eigenvalue weighted by Gasteiger charge is 2.26. The molecule has 7 nitrogen and oxygen atoms in total. The van der Waals surface area contributed by atoms with E-state index >= 15 is 0 Å². The molecule has 3 amide bonds. The molecule has 0 spiro atoms. The summed E-state index contributed by atoms with van der Waals surface area (Å²) in [5.41, 5.74) is 0.690. The molecule has 3 rings (SSSR count). The maximum Gasteiger partial charge on any atom is 0.324 e. The van der Waals surface area contributed by atoms with Crippen molar-refractivity contribution < 1.29 is 19.1 Å². The average molecular weight is 277 g/mol. The zero-order chi connectivity index (χ0) is 13.9. The molecule has 1 saturated heterocycles. The largest absolute Gasteiger partial charge is 0.486 e. The Labute approximate surface area is 115 Å². The number of hydrogen-bond acceptors (Lipinski definition) is 5. The van der Waals surface area contributed by atoms with E-state index in [0.29, 0.717) is 43.5 Å². The summed E-state index contributed by atoms with van der Waals surface area (Å²) in [6.07, 6.45) is 0. The van der Waals surface area contributed by atoms with Gasteiger partial charge in [-0.25, -0.2) is 4.79 Å². The number of para-hydroxylation sites is 1. The van der Waals surface area contributed by atoms with Crippen molar-refractivity contribution in [2.75, 3.05) is 38.2 Å². The van der Waals surface area contributed by atoms with Gasteiger partial charge in [0.15, 0.2) is 11.5 Å². The number of nitrogens with one attached hydrogen (secondary N) is 2. The molecule has 1 fully saturated rings. The van der Waals surface area contributed by atoms with E-state index < -0.39 is 0 Å². The lowest BCUT2D eigenvalue weighted by atomic mass is 10.2. The van der Waals surface area contributed by atoms with Crippen LogP contribution in [0.4, 0.5) is 10.5 Å². The second-order valence-corrected chi connectivity index (χ2v) is 4.46. The molecule has 20 heavy (non-hydrogen) atoms. The summed E-state index contributed by atoms with van der Waals surface area (Å²) in [6.45, 7) is 1.94. The predicted octanol–water partition coefficient (Wildman–Crippen LogP) is 0.422. The fraction of sp³-hybridized carbons (Fsp3) is 0.385. The average Bonchev–Trinajstić information content (AvgIpc) is 2.91. The van der Waals surface area contributed by atoms with Gasteiger partial charge in [-0.15, -0.1) is 0 Å². The Morgan fingerprint density at radius 2 is 2.20 bits per heavy atom. The molecule has 0 atom stereocenters. The Morgan fingerprint density at radius 3 is 3.00 bits per heavy atom. The van der Waals surface area contributed by atoms with Crippen molar-refractivity contribution in [2.24, 2.45) is 0 Å². The fourth-order valence-electron chi connectivity index (χ4n) is 2.19. The third kappa shape index (κ3) is 2.34. The minimum Gasteiger partial charge on any atom is -0.486 e. The zero-order valence-electron chi connectivity index (χ0n) is 10.8. The molecule has 106 valence electrons. The van der Waals surface area contributed by atoms with E-state index in [-0.39, 0.29) is 18.5 Å². The van der Waals surface area contributed by atoms with Crippen LogP contribution >= 0.6 is 0 Å². The number of fused-ring (bicyclic) bond motifs is 1. The van der Waals surface area contributed by atoms with Crippen molar-refractivity contribution in [1.82, 2.24) is 10.2 Å². The number of nitrogens with zero attached hydrogens (tertiary/aromatic N) is 1. The van der Waals surface area contributed by atoms with Crippen molar-refractivity contribution in [2.45, 2.75) is 0 Å². The molecule has 2 aliphatic heterocycles. The van der Waals surface area contributed by atoms with Gasteiger partial charge in [-0.1, -0.05) is 6.07 Å². The van der Waals surface area contributed by atoms with Gasteiger partial charge in [-0.2, -0.15) is 0 Å². The molecule has 0 aliphatic carbocycles. The molecule has 2 heterocycles. The molecule has 2 N–H and O–H groups in total. The van der Waals surface area contributed by atoms with Crippen molar-refractivity contribution in [1.29, 1.82) is 0 Å². The number of imide groups is 1. The van der Waals surface area contributed by atoms with Gasteiger partial charge in [0.05, 0.1) is 12.2 Å². The van der Waals surface area contributed by atoms with Crippen LogP contribution in [-0.4, -0.2) is 49.7 Å². The summed E-state index contributed by atoms with van der Waals surface area (Å²) in [6, 6.07) is 5.11. The second kappa shape index (κ2) is 5.28. The monoisotopic (exact) mass is 277 g/mol. The van der Waals surface area contributed by atoms with Crippen LogP contribution < -0.4 is 20.1 Å². The molecule has 2 aliphatic rings. The van der Waals surface area contributed by atoms with E-state index in [2.05, 4.69) is 10.6 Å². The van der Waals surface area contributed by atoms with E-state index in [4.69, 9.17) is 9.47 Å². The number of urea groups is 1. The van der Waals surface area contributed by atoms with Crippen LogP contribution in [0.1, 0.15) is 0 Å².